The third kappa shape index (κ3) is 4.18. The summed E-state index contributed by atoms with van der Waals surface area (Å²) in [5.41, 5.74) is 2.67. The van der Waals surface area contributed by atoms with Crippen molar-refractivity contribution < 1.29 is 14.5 Å². The molecule has 0 spiro atoms. The number of hydrogen-bond acceptors (Lipinski definition) is 2. The molecular weight excluding hydrogens is 348 g/mol. The molecule has 0 saturated heterocycles. The Kier molecular flexibility index (Phi) is 5.29. The van der Waals surface area contributed by atoms with Gasteiger partial charge in [-0.1, -0.05) is 48.5 Å². The Labute approximate surface area is 163 Å². The van der Waals surface area contributed by atoms with Crippen LogP contribution >= 0.6 is 0 Å². The molecule has 0 bridgehead atoms. The van der Waals surface area contributed by atoms with Crippen LogP contribution in [-0.2, 0) is 13.2 Å². The molecule has 0 aliphatic heterocycles. The fourth-order valence-electron chi connectivity index (χ4n) is 3.06. The largest absolute Gasteiger partial charge is 0.488 e. The Hall–Kier alpha value is -3.66. The first-order valence-corrected chi connectivity index (χ1v) is 9.22. The first-order chi connectivity index (χ1) is 13.8. The maximum absolute atomic E-state index is 12.3. The van der Waals surface area contributed by atoms with E-state index in [0.717, 1.165) is 27.6 Å². The summed E-state index contributed by atoms with van der Waals surface area (Å²) in [7, 11) is 0. The lowest BCUT2D eigenvalue weighted by Gasteiger charge is -2.10. The highest BCUT2D eigenvalue weighted by Gasteiger charge is 2.07. The number of nitrogens with one attached hydrogen (secondary N) is 2. The van der Waals surface area contributed by atoms with Gasteiger partial charge >= 0.3 is 0 Å². The van der Waals surface area contributed by atoms with Crippen molar-refractivity contribution in [3.05, 3.63) is 108 Å². The SMILES string of the molecule is O=C(NCc1ccc[nH+]c1)c1ccc(COc2cccc3ccccc23)cc1. The van der Waals surface area contributed by atoms with E-state index in [9.17, 15) is 4.79 Å². The number of fused-ring (bicyclic) bond motifs is 1. The van der Waals surface area contributed by atoms with Gasteiger partial charge in [0, 0.05) is 29.1 Å². The summed E-state index contributed by atoms with van der Waals surface area (Å²) in [4.78, 5) is 15.3. The van der Waals surface area contributed by atoms with Crippen LogP contribution in [0.5, 0.6) is 5.75 Å². The van der Waals surface area contributed by atoms with Gasteiger partial charge in [-0.05, 0) is 35.2 Å². The summed E-state index contributed by atoms with van der Waals surface area (Å²) in [5.74, 6) is 0.768. The molecule has 0 aliphatic rings. The third-order valence-electron chi connectivity index (χ3n) is 4.58. The molecule has 4 aromatic rings. The lowest BCUT2D eigenvalue weighted by molar-refractivity contribution is -0.378. The molecule has 4 nitrogen and oxygen atoms in total. The topological polar surface area (TPSA) is 52.5 Å². The molecule has 0 unspecified atom stereocenters. The van der Waals surface area contributed by atoms with Crippen molar-refractivity contribution in [2.75, 3.05) is 0 Å². The predicted octanol–water partition coefficient (Wildman–Crippen LogP) is 4.16. The lowest BCUT2D eigenvalue weighted by atomic mass is 10.1. The fourth-order valence-corrected chi connectivity index (χ4v) is 3.06. The van der Waals surface area contributed by atoms with Gasteiger partial charge in [-0.25, -0.2) is 4.98 Å². The molecule has 1 aromatic heterocycles. The zero-order chi connectivity index (χ0) is 19.2. The van der Waals surface area contributed by atoms with Crippen LogP contribution in [-0.4, -0.2) is 5.91 Å². The van der Waals surface area contributed by atoms with Crippen molar-refractivity contribution in [2.45, 2.75) is 13.2 Å². The van der Waals surface area contributed by atoms with Crippen LogP contribution in [0.3, 0.4) is 0 Å². The van der Waals surface area contributed by atoms with E-state index in [1.54, 1.807) is 0 Å². The molecule has 1 amide bonds. The van der Waals surface area contributed by atoms with Gasteiger partial charge in [-0.15, -0.1) is 0 Å². The van der Waals surface area contributed by atoms with Crippen LogP contribution < -0.4 is 15.0 Å². The van der Waals surface area contributed by atoms with Gasteiger partial charge in [0.2, 0.25) is 0 Å². The summed E-state index contributed by atoms with van der Waals surface area (Å²) in [6, 6.07) is 25.6. The number of pyridine rings is 1. The number of hydrogen-bond donors (Lipinski definition) is 1. The molecule has 0 atom stereocenters. The number of carbonyl (C=O) groups excluding carboxylic acids is 1. The van der Waals surface area contributed by atoms with Crippen molar-refractivity contribution in [1.82, 2.24) is 5.32 Å². The lowest BCUT2D eigenvalue weighted by Crippen LogP contribution is -2.23. The molecule has 4 heteroatoms. The van der Waals surface area contributed by atoms with Gasteiger partial charge in [0.1, 0.15) is 12.4 Å². The van der Waals surface area contributed by atoms with Crippen molar-refractivity contribution in [2.24, 2.45) is 0 Å². The Morgan fingerprint density at radius 3 is 2.50 bits per heavy atom. The minimum atomic E-state index is -0.0922. The highest BCUT2D eigenvalue weighted by molar-refractivity contribution is 5.94. The molecular formula is C24H21N2O2+. The van der Waals surface area contributed by atoms with Crippen molar-refractivity contribution in [3.63, 3.8) is 0 Å². The summed E-state index contributed by atoms with van der Waals surface area (Å²) in [5, 5.41) is 5.17. The van der Waals surface area contributed by atoms with E-state index in [-0.39, 0.29) is 5.91 Å². The molecule has 0 fully saturated rings. The zero-order valence-electron chi connectivity index (χ0n) is 15.4. The second-order valence-electron chi connectivity index (χ2n) is 6.56. The van der Waals surface area contributed by atoms with E-state index in [0.29, 0.717) is 18.7 Å². The maximum Gasteiger partial charge on any atom is 0.251 e. The molecule has 28 heavy (non-hydrogen) atoms. The van der Waals surface area contributed by atoms with Crippen LogP contribution in [0.15, 0.2) is 91.3 Å². The average Bonchev–Trinajstić information content (AvgIpc) is 2.77. The smallest absolute Gasteiger partial charge is 0.251 e. The van der Waals surface area contributed by atoms with Gasteiger partial charge in [-0.2, -0.15) is 0 Å². The summed E-state index contributed by atoms with van der Waals surface area (Å²) in [6.07, 6.45) is 3.71. The number of carbonyl (C=O) groups is 1. The van der Waals surface area contributed by atoms with E-state index < -0.39 is 0 Å². The van der Waals surface area contributed by atoms with Gasteiger partial charge in [0.15, 0.2) is 12.4 Å². The summed E-state index contributed by atoms with van der Waals surface area (Å²) >= 11 is 0. The first kappa shape index (κ1) is 17.7. The average molecular weight is 369 g/mol. The van der Waals surface area contributed by atoms with Crippen molar-refractivity contribution >= 4 is 16.7 Å². The number of rotatable bonds is 6. The minimum absolute atomic E-state index is 0.0922. The summed E-state index contributed by atoms with van der Waals surface area (Å²) in [6.45, 7) is 0.942. The van der Waals surface area contributed by atoms with Gasteiger partial charge < -0.3 is 10.1 Å². The number of aromatic nitrogens is 1. The number of benzene rings is 3. The van der Waals surface area contributed by atoms with Crippen molar-refractivity contribution in [1.29, 1.82) is 0 Å². The monoisotopic (exact) mass is 369 g/mol. The third-order valence-corrected chi connectivity index (χ3v) is 4.58. The second-order valence-corrected chi connectivity index (χ2v) is 6.56. The quantitative estimate of drug-likeness (QED) is 0.555. The van der Waals surface area contributed by atoms with Crippen LogP contribution in [0.2, 0.25) is 0 Å². The predicted molar refractivity (Wildman–Crippen MR) is 109 cm³/mol. The molecule has 0 saturated carbocycles. The Bertz CT molecular complexity index is 1070. The minimum Gasteiger partial charge on any atom is -0.488 e. The van der Waals surface area contributed by atoms with Crippen LogP contribution in [0.1, 0.15) is 21.5 Å². The number of H-pyrrole nitrogens is 1. The Balaban J connectivity index is 1.37. The van der Waals surface area contributed by atoms with Gasteiger partial charge in [-0.3, -0.25) is 4.79 Å². The van der Waals surface area contributed by atoms with Crippen molar-refractivity contribution in [3.8, 4) is 5.75 Å². The molecule has 1 heterocycles. The van der Waals surface area contributed by atoms with Gasteiger partial charge in [0.25, 0.3) is 5.91 Å². The summed E-state index contributed by atoms with van der Waals surface area (Å²) < 4.78 is 6.01. The highest BCUT2D eigenvalue weighted by atomic mass is 16.5. The Morgan fingerprint density at radius 2 is 1.68 bits per heavy atom. The van der Waals surface area contributed by atoms with E-state index in [4.69, 9.17) is 4.74 Å². The van der Waals surface area contributed by atoms with Crippen LogP contribution in [0.25, 0.3) is 10.8 Å². The number of amides is 1. The van der Waals surface area contributed by atoms with Crippen LogP contribution in [0.4, 0.5) is 0 Å². The number of ether oxygens (including phenoxy) is 1. The number of aromatic amines is 1. The molecule has 3 aromatic carbocycles. The second kappa shape index (κ2) is 8.35. The molecule has 138 valence electrons. The molecule has 4 rings (SSSR count). The maximum atomic E-state index is 12.3. The zero-order valence-corrected chi connectivity index (χ0v) is 15.4. The van der Waals surface area contributed by atoms with E-state index in [1.807, 2.05) is 73.1 Å². The first-order valence-electron chi connectivity index (χ1n) is 9.22. The normalized spacial score (nSPS) is 10.6. The standard InChI is InChI=1S/C24H20N2O2/c27-24(26-16-19-5-4-14-25-15-19)21-12-10-18(11-13-21)17-28-23-9-3-7-20-6-1-2-8-22(20)23/h1-15H,16-17H2,(H,26,27)/p+1. The van der Waals surface area contributed by atoms with E-state index in [1.165, 1.54) is 0 Å². The van der Waals surface area contributed by atoms with Crippen LogP contribution in [0, 0.1) is 0 Å². The van der Waals surface area contributed by atoms with Gasteiger partial charge in [0.05, 0.1) is 0 Å². The Morgan fingerprint density at radius 1 is 0.857 bits per heavy atom. The molecule has 0 aliphatic carbocycles. The van der Waals surface area contributed by atoms with E-state index >= 15 is 0 Å². The fraction of sp³-hybridized carbons (Fsp3) is 0.0833. The molecule has 0 radical (unpaired) electrons. The van der Waals surface area contributed by atoms with E-state index in [2.05, 4.69) is 28.5 Å². The molecule has 2 N–H and O–H groups in total. The highest BCUT2D eigenvalue weighted by Crippen LogP contribution is 2.25.